The Kier molecular flexibility index (Phi) is 5.35. The average Bonchev–Trinajstić information content (AvgIpc) is 3.24. The van der Waals surface area contributed by atoms with Crippen molar-refractivity contribution in [2.24, 2.45) is 0 Å². The van der Waals surface area contributed by atoms with Gasteiger partial charge >= 0.3 is 0 Å². The minimum atomic E-state index is -0.759. The number of nitrogens with zero attached hydrogens (tertiary/aromatic N) is 3. The van der Waals surface area contributed by atoms with E-state index in [1.807, 2.05) is 30.3 Å². The molecule has 3 aromatic rings. The van der Waals surface area contributed by atoms with Crippen LogP contribution in [0.3, 0.4) is 0 Å². The van der Waals surface area contributed by atoms with E-state index in [-0.39, 0.29) is 5.91 Å². The van der Waals surface area contributed by atoms with Crippen molar-refractivity contribution in [2.45, 2.75) is 18.3 Å². The van der Waals surface area contributed by atoms with Gasteiger partial charge in [0.25, 0.3) is 0 Å². The average molecular weight is 417 g/mol. The Labute approximate surface area is 172 Å². The molecule has 1 amide bonds. The fraction of sp³-hybridized carbons (Fsp3) is 0.250. The molecule has 28 heavy (non-hydrogen) atoms. The summed E-state index contributed by atoms with van der Waals surface area (Å²) >= 11 is 12.5. The molecule has 2 heterocycles. The first-order valence-corrected chi connectivity index (χ1v) is 9.64. The van der Waals surface area contributed by atoms with E-state index >= 15 is 0 Å². The maximum Gasteiger partial charge on any atom is 0.235 e. The summed E-state index contributed by atoms with van der Waals surface area (Å²) in [5.74, 6) is -0.103. The molecule has 1 saturated heterocycles. The van der Waals surface area contributed by atoms with E-state index in [2.05, 4.69) is 15.4 Å². The first-order valence-electron chi connectivity index (χ1n) is 8.88. The number of amides is 1. The van der Waals surface area contributed by atoms with Crippen molar-refractivity contribution in [3.63, 3.8) is 0 Å². The molecule has 6 nitrogen and oxygen atoms in total. The van der Waals surface area contributed by atoms with E-state index in [1.165, 1.54) is 6.33 Å². The predicted molar refractivity (Wildman–Crippen MR) is 108 cm³/mol. The highest BCUT2D eigenvalue weighted by Gasteiger charge is 2.43. The monoisotopic (exact) mass is 416 g/mol. The number of carbonyl (C=O) groups excluding carboxylic acids is 1. The standard InChI is InChI=1S/C20H18Cl2N4O2/c21-14-1-6-17(18(22)11-14)20(7-9-28-10-8-20)19(27)25-15-2-4-16(5-3-15)26-13-23-12-24-26/h1-6,11-13H,7-10H2,(H,25,27). The van der Waals surface area contributed by atoms with Gasteiger partial charge in [-0.15, -0.1) is 0 Å². The Bertz CT molecular complexity index is 968. The van der Waals surface area contributed by atoms with E-state index in [0.717, 1.165) is 11.3 Å². The molecule has 144 valence electrons. The van der Waals surface area contributed by atoms with Gasteiger partial charge in [0.1, 0.15) is 12.7 Å². The fourth-order valence-electron chi connectivity index (χ4n) is 3.51. The molecule has 1 aliphatic heterocycles. The van der Waals surface area contributed by atoms with Crippen LogP contribution in [0.4, 0.5) is 5.69 Å². The van der Waals surface area contributed by atoms with Crippen LogP contribution in [0.2, 0.25) is 10.0 Å². The van der Waals surface area contributed by atoms with E-state index in [9.17, 15) is 4.79 Å². The summed E-state index contributed by atoms with van der Waals surface area (Å²) < 4.78 is 7.15. The molecule has 1 fully saturated rings. The van der Waals surface area contributed by atoms with E-state index in [4.69, 9.17) is 27.9 Å². The number of carbonyl (C=O) groups is 1. The lowest BCUT2D eigenvalue weighted by atomic mass is 9.73. The molecular weight excluding hydrogens is 399 g/mol. The summed E-state index contributed by atoms with van der Waals surface area (Å²) in [7, 11) is 0. The number of aromatic nitrogens is 3. The van der Waals surface area contributed by atoms with Gasteiger partial charge in [0.2, 0.25) is 5.91 Å². The Morgan fingerprint density at radius 2 is 1.86 bits per heavy atom. The molecule has 1 aromatic heterocycles. The zero-order valence-electron chi connectivity index (χ0n) is 14.9. The molecule has 0 unspecified atom stereocenters. The third kappa shape index (κ3) is 3.63. The van der Waals surface area contributed by atoms with Crippen LogP contribution in [-0.2, 0) is 14.9 Å². The summed E-state index contributed by atoms with van der Waals surface area (Å²) in [5.41, 5.74) is 1.57. The Balaban J connectivity index is 1.61. The summed E-state index contributed by atoms with van der Waals surface area (Å²) in [6, 6.07) is 12.7. The predicted octanol–water partition coefficient (Wildman–Crippen LogP) is 4.26. The van der Waals surface area contributed by atoms with E-state index in [1.54, 1.807) is 23.1 Å². The second-order valence-corrected chi connectivity index (χ2v) is 7.50. The van der Waals surface area contributed by atoms with Gasteiger partial charge in [0.05, 0.1) is 11.1 Å². The first-order chi connectivity index (χ1) is 13.6. The van der Waals surface area contributed by atoms with Gasteiger partial charge in [-0.3, -0.25) is 4.79 Å². The van der Waals surface area contributed by atoms with Crippen molar-refractivity contribution >= 4 is 34.8 Å². The number of hydrogen-bond acceptors (Lipinski definition) is 4. The molecule has 0 spiro atoms. The molecule has 8 heteroatoms. The molecule has 0 atom stereocenters. The lowest BCUT2D eigenvalue weighted by Gasteiger charge is -2.36. The first kappa shape index (κ1) is 18.9. The van der Waals surface area contributed by atoms with Crippen LogP contribution in [0.5, 0.6) is 0 Å². The van der Waals surface area contributed by atoms with Crippen LogP contribution in [0.25, 0.3) is 5.69 Å². The molecule has 2 aromatic carbocycles. The number of anilines is 1. The van der Waals surface area contributed by atoms with Crippen LogP contribution in [0, 0.1) is 0 Å². The van der Waals surface area contributed by atoms with Crippen molar-refractivity contribution in [1.29, 1.82) is 0 Å². The van der Waals surface area contributed by atoms with Gasteiger partial charge in [-0.25, -0.2) is 9.67 Å². The summed E-state index contributed by atoms with van der Waals surface area (Å²) in [4.78, 5) is 17.3. The second-order valence-electron chi connectivity index (χ2n) is 6.66. The maximum absolute atomic E-state index is 13.4. The van der Waals surface area contributed by atoms with Crippen LogP contribution >= 0.6 is 23.2 Å². The lowest BCUT2D eigenvalue weighted by Crippen LogP contribution is -2.45. The molecule has 0 radical (unpaired) electrons. The number of hydrogen-bond donors (Lipinski definition) is 1. The van der Waals surface area contributed by atoms with E-state index < -0.39 is 5.41 Å². The van der Waals surface area contributed by atoms with Crippen molar-refractivity contribution in [3.05, 3.63) is 70.7 Å². The number of ether oxygens (including phenoxy) is 1. The minimum absolute atomic E-state index is 0.103. The topological polar surface area (TPSA) is 69.0 Å². The quantitative estimate of drug-likeness (QED) is 0.689. The molecule has 0 bridgehead atoms. The number of nitrogens with one attached hydrogen (secondary N) is 1. The zero-order valence-corrected chi connectivity index (χ0v) is 16.5. The SMILES string of the molecule is O=C(Nc1ccc(-n2cncn2)cc1)C1(c2ccc(Cl)cc2Cl)CCOCC1. The van der Waals surface area contributed by atoms with Gasteiger partial charge < -0.3 is 10.1 Å². The number of benzene rings is 2. The molecule has 1 aliphatic rings. The highest BCUT2D eigenvalue weighted by Crippen LogP contribution is 2.40. The van der Waals surface area contributed by atoms with Gasteiger partial charge in [0, 0.05) is 28.9 Å². The third-order valence-corrected chi connectivity index (χ3v) is 5.58. The zero-order chi connectivity index (χ0) is 19.6. The van der Waals surface area contributed by atoms with Crippen LogP contribution in [-0.4, -0.2) is 33.9 Å². The van der Waals surface area contributed by atoms with E-state index in [0.29, 0.717) is 41.8 Å². The summed E-state index contributed by atoms with van der Waals surface area (Å²) in [5, 5.41) is 8.16. The highest BCUT2D eigenvalue weighted by atomic mass is 35.5. The summed E-state index contributed by atoms with van der Waals surface area (Å²) in [6.45, 7) is 0.995. The van der Waals surface area contributed by atoms with Crippen molar-refractivity contribution in [2.75, 3.05) is 18.5 Å². The van der Waals surface area contributed by atoms with Gasteiger partial charge in [-0.1, -0.05) is 29.3 Å². The largest absolute Gasteiger partial charge is 0.381 e. The van der Waals surface area contributed by atoms with Crippen LogP contribution in [0.1, 0.15) is 18.4 Å². The molecule has 0 aliphatic carbocycles. The van der Waals surface area contributed by atoms with Crippen molar-refractivity contribution in [3.8, 4) is 5.69 Å². The smallest absolute Gasteiger partial charge is 0.235 e. The third-order valence-electron chi connectivity index (χ3n) is 5.04. The Hall–Kier alpha value is -2.41. The van der Waals surface area contributed by atoms with Crippen molar-refractivity contribution in [1.82, 2.24) is 14.8 Å². The Morgan fingerprint density at radius 3 is 2.50 bits per heavy atom. The second kappa shape index (κ2) is 7.91. The molecule has 4 rings (SSSR count). The maximum atomic E-state index is 13.4. The van der Waals surface area contributed by atoms with Crippen LogP contribution < -0.4 is 5.32 Å². The van der Waals surface area contributed by atoms with Crippen LogP contribution in [0.15, 0.2) is 55.1 Å². The normalized spacial score (nSPS) is 15.9. The van der Waals surface area contributed by atoms with Gasteiger partial charge in [0.15, 0.2) is 0 Å². The molecule has 0 saturated carbocycles. The van der Waals surface area contributed by atoms with Gasteiger partial charge in [-0.05, 0) is 54.8 Å². The highest BCUT2D eigenvalue weighted by molar-refractivity contribution is 6.35. The number of rotatable bonds is 4. The minimum Gasteiger partial charge on any atom is -0.381 e. The molecule has 1 N–H and O–H groups in total. The summed E-state index contributed by atoms with van der Waals surface area (Å²) in [6.07, 6.45) is 4.20. The fourth-order valence-corrected chi connectivity index (χ4v) is 4.10. The van der Waals surface area contributed by atoms with Gasteiger partial charge in [-0.2, -0.15) is 5.10 Å². The Morgan fingerprint density at radius 1 is 1.11 bits per heavy atom. The number of halogens is 2. The van der Waals surface area contributed by atoms with Crippen molar-refractivity contribution < 1.29 is 9.53 Å². The molecular formula is C20H18Cl2N4O2. The lowest BCUT2D eigenvalue weighted by molar-refractivity contribution is -0.125.